The summed E-state index contributed by atoms with van der Waals surface area (Å²) in [5.41, 5.74) is -1.28. The van der Waals surface area contributed by atoms with E-state index < -0.39 is 31.6 Å². The van der Waals surface area contributed by atoms with Crippen molar-refractivity contribution in [1.29, 1.82) is 0 Å². The van der Waals surface area contributed by atoms with Gasteiger partial charge < -0.3 is 19.1 Å². The minimum atomic E-state index is -4.74. The van der Waals surface area contributed by atoms with Crippen molar-refractivity contribution in [2.75, 3.05) is 26.8 Å². The highest BCUT2D eigenvalue weighted by Gasteiger charge is 2.40. The Morgan fingerprint density at radius 2 is 1.86 bits per heavy atom. The molecule has 0 fully saturated rings. The van der Waals surface area contributed by atoms with Crippen LogP contribution >= 0.6 is 0 Å². The Kier molecular flexibility index (Phi) is 7.51. The molecule has 0 N–H and O–H groups in total. The summed E-state index contributed by atoms with van der Waals surface area (Å²) in [5.74, 6) is -0.0975. The van der Waals surface area contributed by atoms with Crippen LogP contribution in [0, 0.1) is 0 Å². The van der Waals surface area contributed by atoms with E-state index in [1.807, 2.05) is 0 Å². The summed E-state index contributed by atoms with van der Waals surface area (Å²) >= 11 is 0. The number of carbonyl (C=O) groups is 1. The highest BCUT2D eigenvalue weighted by molar-refractivity contribution is 6.76. The Morgan fingerprint density at radius 3 is 2.43 bits per heavy atom. The number of aromatic nitrogens is 4. The van der Waals surface area contributed by atoms with E-state index in [0.29, 0.717) is 12.2 Å². The van der Waals surface area contributed by atoms with E-state index in [1.54, 1.807) is 26.8 Å². The molecule has 0 aliphatic carbocycles. The smallest absolute Gasteiger partial charge is 0.436 e. The van der Waals surface area contributed by atoms with E-state index in [-0.39, 0.29) is 42.6 Å². The molecule has 1 aliphatic heterocycles. The number of alkyl halides is 3. The molecule has 1 aliphatic rings. The number of amides is 1. The topological polar surface area (TPSA) is 91.6 Å². The van der Waals surface area contributed by atoms with Crippen LogP contribution in [-0.4, -0.2) is 71.2 Å². The summed E-state index contributed by atoms with van der Waals surface area (Å²) in [6.45, 7) is 12.5. The third kappa shape index (κ3) is 6.72. The monoisotopic (exact) mass is 515 g/mol. The van der Waals surface area contributed by atoms with E-state index in [1.165, 1.54) is 12.0 Å². The van der Waals surface area contributed by atoms with Crippen LogP contribution < -0.4 is 4.74 Å². The Balaban J connectivity index is 1.94. The average Bonchev–Trinajstić information content (AvgIpc) is 3.34. The predicted molar refractivity (Wildman–Crippen MR) is 127 cm³/mol. The molecule has 0 atom stereocenters. The third-order valence-corrected chi connectivity index (χ3v) is 6.79. The Bertz CT molecular complexity index is 1120. The van der Waals surface area contributed by atoms with Gasteiger partial charge in [-0.05, 0) is 26.8 Å². The molecule has 13 heteroatoms. The van der Waals surface area contributed by atoms with E-state index in [4.69, 9.17) is 14.2 Å². The first-order valence-electron chi connectivity index (χ1n) is 11.2. The van der Waals surface area contributed by atoms with Crippen LogP contribution in [0.15, 0.2) is 6.08 Å². The number of halogens is 3. The van der Waals surface area contributed by atoms with Crippen molar-refractivity contribution in [3.8, 4) is 5.88 Å². The van der Waals surface area contributed by atoms with Gasteiger partial charge in [0.15, 0.2) is 17.2 Å². The van der Waals surface area contributed by atoms with E-state index >= 15 is 0 Å². The van der Waals surface area contributed by atoms with E-state index in [9.17, 15) is 18.0 Å². The molecule has 3 heterocycles. The van der Waals surface area contributed by atoms with Crippen molar-refractivity contribution in [2.45, 2.75) is 65.0 Å². The lowest BCUT2D eigenvalue weighted by atomic mass is 10.2. The predicted octanol–water partition coefficient (Wildman–Crippen LogP) is 4.80. The van der Waals surface area contributed by atoms with Crippen molar-refractivity contribution in [3.05, 3.63) is 17.6 Å². The summed E-state index contributed by atoms with van der Waals surface area (Å²) in [5, 5.41) is 3.41. The number of carbonyl (C=O) groups excluding carboxylic acids is 1. The fourth-order valence-electron chi connectivity index (χ4n) is 3.33. The van der Waals surface area contributed by atoms with Gasteiger partial charge >= 0.3 is 12.3 Å². The van der Waals surface area contributed by atoms with Crippen LogP contribution in [-0.2, 0) is 22.4 Å². The molecule has 9 nitrogen and oxygen atoms in total. The summed E-state index contributed by atoms with van der Waals surface area (Å²) in [6, 6.07) is 0.856. The number of rotatable bonds is 7. The fourth-order valence-corrected chi connectivity index (χ4v) is 4.09. The number of nitrogens with zero attached hydrogens (tertiary/aromatic N) is 5. The molecule has 1 amide bonds. The van der Waals surface area contributed by atoms with Gasteiger partial charge in [-0.1, -0.05) is 25.7 Å². The molecule has 0 spiro atoms. The van der Waals surface area contributed by atoms with Gasteiger partial charge in [-0.2, -0.15) is 23.3 Å². The van der Waals surface area contributed by atoms with Crippen molar-refractivity contribution in [2.24, 2.45) is 0 Å². The number of ether oxygens (including phenoxy) is 3. The Morgan fingerprint density at radius 1 is 1.17 bits per heavy atom. The van der Waals surface area contributed by atoms with Crippen LogP contribution in [0.5, 0.6) is 5.88 Å². The second-order valence-corrected chi connectivity index (χ2v) is 16.2. The van der Waals surface area contributed by atoms with Crippen molar-refractivity contribution >= 4 is 30.8 Å². The first-order valence-corrected chi connectivity index (χ1v) is 14.9. The maximum Gasteiger partial charge on any atom is 0.436 e. The lowest BCUT2D eigenvalue weighted by molar-refractivity contribution is -0.140. The summed E-state index contributed by atoms with van der Waals surface area (Å²) in [6.07, 6.45) is -3.50. The summed E-state index contributed by atoms with van der Waals surface area (Å²) < 4.78 is 58.7. The maximum atomic E-state index is 13.8. The number of hydrogen-bond acceptors (Lipinski definition) is 7. The first kappa shape index (κ1) is 26.9. The molecule has 0 saturated heterocycles. The van der Waals surface area contributed by atoms with Crippen LogP contribution in [0.4, 0.5) is 18.0 Å². The third-order valence-electron chi connectivity index (χ3n) is 5.09. The molecule has 0 saturated carbocycles. The molecule has 2 aromatic rings. The zero-order valence-corrected chi connectivity index (χ0v) is 22.1. The lowest BCUT2D eigenvalue weighted by Crippen LogP contribution is -2.35. The minimum Gasteiger partial charge on any atom is -0.480 e. The van der Waals surface area contributed by atoms with Crippen LogP contribution in [0.1, 0.15) is 32.3 Å². The summed E-state index contributed by atoms with van der Waals surface area (Å²) in [4.78, 5) is 22.5. The van der Waals surface area contributed by atoms with E-state index in [0.717, 1.165) is 10.7 Å². The number of fused-ring (bicyclic) bond motifs is 1. The van der Waals surface area contributed by atoms with Gasteiger partial charge in [-0.3, -0.25) is 0 Å². The molecule has 0 unspecified atom stereocenters. The van der Waals surface area contributed by atoms with Crippen LogP contribution in [0.25, 0.3) is 16.6 Å². The Labute approximate surface area is 203 Å². The molecule has 35 heavy (non-hydrogen) atoms. The van der Waals surface area contributed by atoms with Gasteiger partial charge in [0.25, 0.3) is 0 Å². The molecule has 0 radical (unpaired) electrons. The molecule has 2 aromatic heterocycles. The highest BCUT2D eigenvalue weighted by atomic mass is 28.3. The van der Waals surface area contributed by atoms with Crippen molar-refractivity contribution < 1.29 is 32.2 Å². The highest BCUT2D eigenvalue weighted by Crippen LogP contribution is 2.38. The number of methoxy groups -OCH3 is 1. The summed E-state index contributed by atoms with van der Waals surface area (Å²) in [7, 11) is -0.137. The molecular weight excluding hydrogens is 483 g/mol. The number of hydrogen-bond donors (Lipinski definition) is 0. The van der Waals surface area contributed by atoms with Crippen LogP contribution in [0.2, 0.25) is 25.7 Å². The largest absolute Gasteiger partial charge is 0.480 e. The van der Waals surface area contributed by atoms with Gasteiger partial charge in [-0.25, -0.2) is 14.5 Å². The second kappa shape index (κ2) is 9.76. The zero-order valence-electron chi connectivity index (χ0n) is 21.1. The van der Waals surface area contributed by atoms with Gasteiger partial charge in [-0.15, -0.1) is 0 Å². The standard InChI is InChI=1S/C22H32F3N5O4Si/c1-21(2,3)34-20(31)29-9-8-14(12-29)17-26-18-15(19(27-17)32-4)16(22(23,24)25)28-30(18)13-33-10-11-35(5,6)7/h8H,9-13H2,1-7H3. The Hall–Kier alpha value is -2.67. The minimum absolute atomic E-state index is 0.0520. The SMILES string of the molecule is COc1nc(C2=CCN(C(=O)OC(C)(C)C)C2)nc2c1c(C(F)(F)F)nn2COCC[Si](C)(C)C. The molecular formula is C22H32F3N5O4Si. The lowest BCUT2D eigenvalue weighted by Gasteiger charge is -2.24. The van der Waals surface area contributed by atoms with Crippen molar-refractivity contribution in [1.82, 2.24) is 24.6 Å². The maximum absolute atomic E-state index is 13.8. The second-order valence-electron chi connectivity index (χ2n) is 10.5. The van der Waals surface area contributed by atoms with Gasteiger partial charge in [0.05, 0.1) is 13.7 Å². The van der Waals surface area contributed by atoms with Crippen molar-refractivity contribution in [3.63, 3.8) is 0 Å². The van der Waals surface area contributed by atoms with E-state index in [2.05, 4.69) is 34.7 Å². The molecule has 0 bridgehead atoms. The fraction of sp³-hybridized carbons (Fsp3) is 0.636. The average molecular weight is 516 g/mol. The molecule has 3 rings (SSSR count). The zero-order chi connectivity index (χ0) is 26.2. The molecule has 194 valence electrons. The van der Waals surface area contributed by atoms with Crippen LogP contribution in [0.3, 0.4) is 0 Å². The van der Waals surface area contributed by atoms with Gasteiger partial charge in [0.2, 0.25) is 5.88 Å². The normalized spacial score (nSPS) is 15.0. The first-order chi connectivity index (χ1) is 16.1. The van der Waals surface area contributed by atoms with Gasteiger partial charge in [0, 0.05) is 26.8 Å². The quantitative estimate of drug-likeness (QED) is 0.386. The van der Waals surface area contributed by atoms with Gasteiger partial charge in [0.1, 0.15) is 17.7 Å². The molecule has 0 aromatic carbocycles.